The van der Waals surface area contributed by atoms with Crippen molar-refractivity contribution in [3.05, 3.63) is 35.4 Å². The van der Waals surface area contributed by atoms with Gasteiger partial charge in [0.05, 0.1) is 6.10 Å². The number of benzene rings is 1. The van der Waals surface area contributed by atoms with Gasteiger partial charge in [-0.15, -0.1) is 0 Å². The first-order valence-corrected chi connectivity index (χ1v) is 5.58. The average Bonchev–Trinajstić information content (AvgIpc) is 2.28. The number of nitrogens with two attached hydrogens (primary N) is 1. The standard InChI is InChI=1S/C11H17NO2S/c12-7-8-1-3-9(4-2-8)11(14)10(13)5-6-15/h1-4,10-11,13-15H,5-7,12H2. The highest BCUT2D eigenvalue weighted by Gasteiger charge is 2.16. The molecule has 0 heterocycles. The van der Waals surface area contributed by atoms with Gasteiger partial charge in [0, 0.05) is 6.54 Å². The summed E-state index contributed by atoms with van der Waals surface area (Å²) in [5, 5.41) is 19.3. The zero-order chi connectivity index (χ0) is 11.3. The zero-order valence-corrected chi connectivity index (χ0v) is 9.40. The lowest BCUT2D eigenvalue weighted by molar-refractivity contribution is 0.0172. The van der Waals surface area contributed by atoms with Crippen LogP contribution in [0.4, 0.5) is 0 Å². The molecule has 2 unspecified atom stereocenters. The molecule has 3 nitrogen and oxygen atoms in total. The normalized spacial score (nSPS) is 14.9. The fourth-order valence-corrected chi connectivity index (χ4v) is 1.63. The molecular weight excluding hydrogens is 210 g/mol. The SMILES string of the molecule is NCc1ccc(C(O)C(O)CCS)cc1. The fraction of sp³-hybridized carbons (Fsp3) is 0.455. The highest BCUT2D eigenvalue weighted by Crippen LogP contribution is 2.19. The Bertz CT molecular complexity index is 289. The van der Waals surface area contributed by atoms with Crippen LogP contribution in [0.3, 0.4) is 0 Å². The second kappa shape index (κ2) is 6.12. The first kappa shape index (κ1) is 12.5. The molecule has 2 atom stereocenters. The molecule has 0 aliphatic rings. The van der Waals surface area contributed by atoms with Crippen LogP contribution in [0.1, 0.15) is 23.7 Å². The minimum absolute atomic E-state index is 0.475. The summed E-state index contributed by atoms with van der Waals surface area (Å²) < 4.78 is 0. The Morgan fingerprint density at radius 1 is 1.20 bits per heavy atom. The molecule has 0 amide bonds. The van der Waals surface area contributed by atoms with E-state index in [1.807, 2.05) is 12.1 Å². The maximum atomic E-state index is 9.77. The van der Waals surface area contributed by atoms with Crippen molar-refractivity contribution in [2.75, 3.05) is 5.75 Å². The van der Waals surface area contributed by atoms with Gasteiger partial charge in [0.2, 0.25) is 0 Å². The molecule has 0 fully saturated rings. The molecule has 84 valence electrons. The third kappa shape index (κ3) is 3.50. The van der Waals surface area contributed by atoms with E-state index >= 15 is 0 Å². The van der Waals surface area contributed by atoms with Crippen LogP contribution in [-0.2, 0) is 6.54 Å². The summed E-state index contributed by atoms with van der Waals surface area (Å²) in [5.41, 5.74) is 7.18. The smallest absolute Gasteiger partial charge is 0.105 e. The van der Waals surface area contributed by atoms with E-state index in [2.05, 4.69) is 12.6 Å². The Morgan fingerprint density at radius 3 is 2.27 bits per heavy atom. The van der Waals surface area contributed by atoms with Gasteiger partial charge in [0.1, 0.15) is 6.10 Å². The summed E-state index contributed by atoms with van der Waals surface area (Å²) >= 11 is 4.01. The number of aliphatic hydroxyl groups is 2. The third-order valence-electron chi connectivity index (χ3n) is 2.35. The second-order valence-electron chi connectivity index (χ2n) is 3.47. The van der Waals surface area contributed by atoms with E-state index in [-0.39, 0.29) is 0 Å². The van der Waals surface area contributed by atoms with Gasteiger partial charge >= 0.3 is 0 Å². The molecule has 0 aromatic heterocycles. The van der Waals surface area contributed by atoms with E-state index in [1.54, 1.807) is 12.1 Å². The molecule has 1 aromatic carbocycles. The summed E-state index contributed by atoms with van der Waals surface area (Å²) in [4.78, 5) is 0. The molecule has 0 saturated heterocycles. The number of rotatable bonds is 5. The minimum atomic E-state index is -0.844. The molecule has 0 radical (unpaired) electrons. The van der Waals surface area contributed by atoms with Crippen LogP contribution in [0.25, 0.3) is 0 Å². The summed E-state index contributed by atoms with van der Waals surface area (Å²) in [6.07, 6.45) is -1.13. The predicted octanol–water partition coefficient (Wildman–Crippen LogP) is 0.859. The number of thiol groups is 1. The van der Waals surface area contributed by atoms with Crippen molar-refractivity contribution in [2.24, 2.45) is 5.73 Å². The van der Waals surface area contributed by atoms with Gasteiger partial charge in [-0.1, -0.05) is 24.3 Å². The third-order valence-corrected chi connectivity index (χ3v) is 2.60. The van der Waals surface area contributed by atoms with Crippen molar-refractivity contribution >= 4 is 12.6 Å². The molecule has 15 heavy (non-hydrogen) atoms. The molecule has 0 spiro atoms. The molecule has 1 rings (SSSR count). The average molecular weight is 227 g/mol. The molecule has 1 aromatic rings. The first-order valence-electron chi connectivity index (χ1n) is 4.95. The highest BCUT2D eigenvalue weighted by atomic mass is 32.1. The zero-order valence-electron chi connectivity index (χ0n) is 8.50. The van der Waals surface area contributed by atoms with Crippen molar-refractivity contribution in [1.29, 1.82) is 0 Å². The van der Waals surface area contributed by atoms with E-state index in [1.165, 1.54) is 0 Å². The van der Waals surface area contributed by atoms with Crippen LogP contribution in [0, 0.1) is 0 Å². The molecule has 0 aliphatic heterocycles. The van der Waals surface area contributed by atoms with Crippen LogP contribution < -0.4 is 5.73 Å². The maximum Gasteiger partial charge on any atom is 0.105 e. The molecule has 4 N–H and O–H groups in total. The first-order chi connectivity index (χ1) is 7.19. The highest BCUT2D eigenvalue weighted by molar-refractivity contribution is 7.80. The van der Waals surface area contributed by atoms with Crippen molar-refractivity contribution in [3.8, 4) is 0 Å². The van der Waals surface area contributed by atoms with Crippen LogP contribution in [0.15, 0.2) is 24.3 Å². The van der Waals surface area contributed by atoms with Crippen LogP contribution in [0.2, 0.25) is 0 Å². The number of hydrogen-bond acceptors (Lipinski definition) is 4. The summed E-state index contributed by atoms with van der Waals surface area (Å²) in [5.74, 6) is 0.555. The lowest BCUT2D eigenvalue weighted by atomic mass is 10.0. The van der Waals surface area contributed by atoms with Gasteiger partial charge in [-0.3, -0.25) is 0 Å². The van der Waals surface area contributed by atoms with Crippen molar-refractivity contribution < 1.29 is 10.2 Å². The van der Waals surface area contributed by atoms with Crippen molar-refractivity contribution in [3.63, 3.8) is 0 Å². The number of aliphatic hydroxyl groups excluding tert-OH is 2. The van der Waals surface area contributed by atoms with Gasteiger partial charge in [-0.05, 0) is 23.3 Å². The van der Waals surface area contributed by atoms with Crippen LogP contribution in [-0.4, -0.2) is 22.1 Å². The molecular formula is C11H17NO2S. The van der Waals surface area contributed by atoms with Gasteiger partial charge in [-0.2, -0.15) is 12.6 Å². The monoisotopic (exact) mass is 227 g/mol. The Kier molecular flexibility index (Phi) is 5.11. The molecule has 4 heteroatoms. The topological polar surface area (TPSA) is 66.5 Å². The van der Waals surface area contributed by atoms with E-state index in [0.29, 0.717) is 24.3 Å². The van der Waals surface area contributed by atoms with Gasteiger partial charge in [-0.25, -0.2) is 0 Å². The molecule has 0 saturated carbocycles. The largest absolute Gasteiger partial charge is 0.390 e. The molecule has 0 bridgehead atoms. The predicted molar refractivity (Wildman–Crippen MR) is 63.8 cm³/mol. The molecule has 0 aliphatic carbocycles. The van der Waals surface area contributed by atoms with Gasteiger partial charge < -0.3 is 15.9 Å². The van der Waals surface area contributed by atoms with E-state index in [9.17, 15) is 10.2 Å². The summed E-state index contributed by atoms with van der Waals surface area (Å²) in [7, 11) is 0. The maximum absolute atomic E-state index is 9.77. The Balaban J connectivity index is 2.69. The van der Waals surface area contributed by atoms with Gasteiger partial charge in [0.25, 0.3) is 0 Å². The lowest BCUT2D eigenvalue weighted by Gasteiger charge is -2.17. The van der Waals surface area contributed by atoms with Crippen molar-refractivity contribution in [1.82, 2.24) is 0 Å². The lowest BCUT2D eigenvalue weighted by Crippen LogP contribution is -2.18. The van der Waals surface area contributed by atoms with Crippen LogP contribution in [0.5, 0.6) is 0 Å². The summed E-state index contributed by atoms with van der Waals surface area (Å²) in [6.45, 7) is 0.482. The number of hydrogen-bond donors (Lipinski definition) is 4. The van der Waals surface area contributed by atoms with E-state index in [0.717, 1.165) is 5.56 Å². The quantitative estimate of drug-likeness (QED) is 0.564. The summed E-state index contributed by atoms with van der Waals surface area (Å²) in [6, 6.07) is 7.28. The Labute approximate surface area is 95.3 Å². The van der Waals surface area contributed by atoms with E-state index in [4.69, 9.17) is 5.73 Å². The van der Waals surface area contributed by atoms with E-state index < -0.39 is 12.2 Å². The fourth-order valence-electron chi connectivity index (χ4n) is 1.36. The van der Waals surface area contributed by atoms with Gasteiger partial charge in [0.15, 0.2) is 0 Å². The van der Waals surface area contributed by atoms with Crippen molar-refractivity contribution in [2.45, 2.75) is 25.2 Å². The second-order valence-corrected chi connectivity index (χ2v) is 3.92. The minimum Gasteiger partial charge on any atom is -0.390 e. The Hall–Kier alpha value is -0.550. The van der Waals surface area contributed by atoms with Crippen LogP contribution >= 0.6 is 12.6 Å². The Morgan fingerprint density at radius 2 is 1.80 bits per heavy atom.